The van der Waals surface area contributed by atoms with Crippen molar-refractivity contribution < 1.29 is 4.79 Å². The van der Waals surface area contributed by atoms with E-state index in [4.69, 9.17) is 0 Å². The Morgan fingerprint density at radius 1 is 1.14 bits per heavy atom. The lowest BCUT2D eigenvalue weighted by atomic mass is 9.95. The van der Waals surface area contributed by atoms with Crippen LogP contribution >= 0.6 is 0 Å². The van der Waals surface area contributed by atoms with E-state index >= 15 is 0 Å². The molecule has 0 aliphatic heterocycles. The van der Waals surface area contributed by atoms with E-state index in [1.54, 1.807) is 0 Å². The van der Waals surface area contributed by atoms with E-state index in [1.165, 1.54) is 31.4 Å². The summed E-state index contributed by atoms with van der Waals surface area (Å²) in [6.07, 6.45) is 6.12. The lowest BCUT2D eigenvalue weighted by molar-refractivity contribution is -0.130. The zero-order valence-corrected chi connectivity index (χ0v) is 13.8. The summed E-state index contributed by atoms with van der Waals surface area (Å²) in [6, 6.07) is 9.13. The maximum Gasteiger partial charge on any atom is 0.226 e. The van der Waals surface area contributed by atoms with Gasteiger partial charge in [0.15, 0.2) is 0 Å². The summed E-state index contributed by atoms with van der Waals surface area (Å²) >= 11 is 0. The minimum atomic E-state index is 0.221. The van der Waals surface area contributed by atoms with Crippen molar-refractivity contribution in [2.45, 2.75) is 52.0 Å². The highest BCUT2D eigenvalue weighted by Crippen LogP contribution is 2.45. The van der Waals surface area contributed by atoms with Gasteiger partial charge < -0.3 is 10.2 Å². The molecule has 1 N–H and O–H groups in total. The first kappa shape index (κ1) is 15.4. The molecule has 0 heterocycles. The summed E-state index contributed by atoms with van der Waals surface area (Å²) in [4.78, 5) is 14.0. The predicted molar refractivity (Wildman–Crippen MR) is 90.9 cm³/mol. The van der Waals surface area contributed by atoms with Crippen LogP contribution in [-0.4, -0.2) is 29.9 Å². The van der Waals surface area contributed by atoms with E-state index in [-0.39, 0.29) is 5.91 Å². The number of carbonyl (C=O) groups excluding carboxylic acids is 1. The maximum absolute atomic E-state index is 12.1. The van der Waals surface area contributed by atoms with Gasteiger partial charge in [-0.2, -0.15) is 0 Å². The van der Waals surface area contributed by atoms with Gasteiger partial charge >= 0.3 is 0 Å². The Kier molecular flexibility index (Phi) is 4.70. The quantitative estimate of drug-likeness (QED) is 0.869. The number of nitrogens with zero attached hydrogens (tertiary/aromatic N) is 1. The smallest absolute Gasteiger partial charge is 0.226 e. The van der Waals surface area contributed by atoms with Crippen LogP contribution in [0.5, 0.6) is 0 Å². The molecule has 3 rings (SSSR count). The van der Waals surface area contributed by atoms with E-state index in [0.29, 0.717) is 12.5 Å². The third kappa shape index (κ3) is 3.29. The van der Waals surface area contributed by atoms with Gasteiger partial charge in [-0.05, 0) is 62.6 Å². The summed E-state index contributed by atoms with van der Waals surface area (Å²) in [5.74, 6) is 2.07. The van der Waals surface area contributed by atoms with Crippen molar-refractivity contribution >= 4 is 11.6 Å². The molecule has 3 heteroatoms. The monoisotopic (exact) mass is 300 g/mol. The molecule has 1 aromatic carbocycles. The third-order valence-electron chi connectivity index (χ3n) is 5.52. The number of likely N-dealkylation sites (N-methyl/N-ethyl adjacent to an activating group) is 1. The van der Waals surface area contributed by atoms with Crippen LogP contribution in [0, 0.1) is 11.8 Å². The van der Waals surface area contributed by atoms with Gasteiger partial charge in [-0.15, -0.1) is 0 Å². The first-order chi connectivity index (χ1) is 10.7. The minimum absolute atomic E-state index is 0.221. The van der Waals surface area contributed by atoms with Gasteiger partial charge in [0, 0.05) is 24.8 Å². The summed E-state index contributed by atoms with van der Waals surface area (Å²) in [5, 5.41) is 3.70. The zero-order valence-electron chi connectivity index (χ0n) is 13.8. The number of amides is 1. The molecule has 0 spiro atoms. The normalized spacial score (nSPS) is 26.2. The molecule has 120 valence electrons. The highest BCUT2D eigenvalue weighted by Gasteiger charge is 2.39. The largest absolute Gasteiger partial charge is 0.382 e. The average molecular weight is 300 g/mol. The molecule has 2 aliphatic carbocycles. The molecule has 3 unspecified atom stereocenters. The number of fused-ring (bicyclic) bond motifs is 2. The Hall–Kier alpha value is -1.51. The van der Waals surface area contributed by atoms with Crippen LogP contribution in [0.2, 0.25) is 0 Å². The standard InChI is InChI=1S/C19H28N2O/c1-3-21(4-2)19(22)13-14-6-9-17(10-7-14)20-18-12-15-5-8-16(18)11-15/h6-7,9-10,15-16,18,20H,3-5,8,11-13H2,1-2H3. The van der Waals surface area contributed by atoms with Gasteiger partial charge in [-0.1, -0.05) is 18.6 Å². The van der Waals surface area contributed by atoms with Gasteiger partial charge in [0.2, 0.25) is 5.91 Å². The van der Waals surface area contributed by atoms with Gasteiger partial charge in [-0.3, -0.25) is 4.79 Å². The van der Waals surface area contributed by atoms with Crippen molar-refractivity contribution in [1.82, 2.24) is 4.90 Å². The third-order valence-corrected chi connectivity index (χ3v) is 5.52. The number of nitrogens with one attached hydrogen (secondary N) is 1. The van der Waals surface area contributed by atoms with Crippen molar-refractivity contribution in [2.75, 3.05) is 18.4 Å². The van der Waals surface area contributed by atoms with Crippen LogP contribution in [0.3, 0.4) is 0 Å². The lowest BCUT2D eigenvalue weighted by Crippen LogP contribution is -2.31. The Balaban J connectivity index is 1.55. The van der Waals surface area contributed by atoms with Crippen LogP contribution in [0.4, 0.5) is 5.69 Å². The second-order valence-electron chi connectivity index (χ2n) is 6.87. The molecule has 2 saturated carbocycles. The fourth-order valence-electron chi connectivity index (χ4n) is 4.22. The summed E-state index contributed by atoms with van der Waals surface area (Å²) in [6.45, 7) is 5.64. The van der Waals surface area contributed by atoms with E-state index < -0.39 is 0 Å². The molecule has 0 radical (unpaired) electrons. The van der Waals surface area contributed by atoms with E-state index in [0.717, 1.165) is 30.5 Å². The molecule has 22 heavy (non-hydrogen) atoms. The highest BCUT2D eigenvalue weighted by atomic mass is 16.2. The number of anilines is 1. The molecular weight excluding hydrogens is 272 g/mol. The van der Waals surface area contributed by atoms with Crippen LogP contribution < -0.4 is 5.32 Å². The highest BCUT2D eigenvalue weighted by molar-refractivity contribution is 5.78. The molecule has 1 amide bonds. The van der Waals surface area contributed by atoms with E-state index in [2.05, 4.69) is 29.6 Å². The van der Waals surface area contributed by atoms with Crippen molar-refractivity contribution in [3.63, 3.8) is 0 Å². The second kappa shape index (κ2) is 6.72. The maximum atomic E-state index is 12.1. The minimum Gasteiger partial charge on any atom is -0.382 e. The Morgan fingerprint density at radius 2 is 1.86 bits per heavy atom. The van der Waals surface area contributed by atoms with E-state index in [9.17, 15) is 4.79 Å². The number of carbonyl (C=O) groups is 1. The summed E-state index contributed by atoms with van der Waals surface area (Å²) < 4.78 is 0. The molecule has 0 aromatic heterocycles. The lowest BCUT2D eigenvalue weighted by Gasteiger charge is -2.24. The number of rotatable bonds is 6. The first-order valence-corrected chi connectivity index (χ1v) is 8.82. The number of benzene rings is 1. The molecule has 1 aromatic rings. The van der Waals surface area contributed by atoms with Gasteiger partial charge in [0.25, 0.3) is 0 Å². The predicted octanol–water partition coefficient (Wildman–Crippen LogP) is 3.70. The van der Waals surface area contributed by atoms with E-state index in [1.807, 2.05) is 18.7 Å². The zero-order chi connectivity index (χ0) is 15.5. The fraction of sp³-hybridized carbons (Fsp3) is 0.632. The van der Waals surface area contributed by atoms with Crippen LogP contribution in [0.15, 0.2) is 24.3 Å². The van der Waals surface area contributed by atoms with Gasteiger partial charge in [0.05, 0.1) is 6.42 Å². The average Bonchev–Trinajstić information content (AvgIpc) is 3.13. The van der Waals surface area contributed by atoms with Crippen LogP contribution in [0.1, 0.15) is 45.1 Å². The Bertz CT molecular complexity index is 507. The van der Waals surface area contributed by atoms with Crippen molar-refractivity contribution in [3.8, 4) is 0 Å². The fourth-order valence-corrected chi connectivity index (χ4v) is 4.22. The second-order valence-corrected chi connectivity index (χ2v) is 6.87. The van der Waals surface area contributed by atoms with Gasteiger partial charge in [0.1, 0.15) is 0 Å². The first-order valence-electron chi connectivity index (χ1n) is 8.82. The molecule has 2 bridgehead atoms. The summed E-state index contributed by atoms with van der Waals surface area (Å²) in [5.41, 5.74) is 2.31. The molecule has 2 aliphatic rings. The Morgan fingerprint density at radius 3 is 2.41 bits per heavy atom. The van der Waals surface area contributed by atoms with Crippen molar-refractivity contribution in [3.05, 3.63) is 29.8 Å². The topological polar surface area (TPSA) is 32.3 Å². The molecule has 0 saturated heterocycles. The SMILES string of the molecule is CCN(CC)C(=O)Cc1ccc(NC2CC3CCC2C3)cc1. The number of hydrogen-bond donors (Lipinski definition) is 1. The van der Waals surface area contributed by atoms with Crippen LogP contribution in [0.25, 0.3) is 0 Å². The molecule has 2 fully saturated rings. The molecule has 3 nitrogen and oxygen atoms in total. The van der Waals surface area contributed by atoms with Crippen molar-refractivity contribution in [2.24, 2.45) is 11.8 Å². The Labute approximate surface area is 134 Å². The molecular formula is C19H28N2O. The van der Waals surface area contributed by atoms with Crippen molar-refractivity contribution in [1.29, 1.82) is 0 Å². The van der Waals surface area contributed by atoms with Crippen LogP contribution in [-0.2, 0) is 11.2 Å². The van der Waals surface area contributed by atoms with Gasteiger partial charge in [-0.25, -0.2) is 0 Å². The molecule has 3 atom stereocenters. The number of hydrogen-bond acceptors (Lipinski definition) is 2. The summed E-state index contributed by atoms with van der Waals surface area (Å²) in [7, 11) is 0.